The van der Waals surface area contributed by atoms with Crippen LogP contribution in [0.2, 0.25) is 0 Å². The summed E-state index contributed by atoms with van der Waals surface area (Å²) in [6, 6.07) is 0. The molecule has 2 unspecified atom stereocenters. The Morgan fingerprint density at radius 1 is 0.812 bits per heavy atom. The first-order valence-electron chi connectivity index (χ1n) is 6.67. The quantitative estimate of drug-likeness (QED) is 0.639. The Kier molecular flexibility index (Phi) is 4.22. The van der Waals surface area contributed by atoms with Crippen LogP contribution in [-0.4, -0.2) is 34.6 Å². The van der Waals surface area contributed by atoms with Crippen LogP contribution in [0.15, 0.2) is 0 Å². The van der Waals surface area contributed by atoms with Gasteiger partial charge in [0, 0.05) is 25.0 Å². The second kappa shape index (κ2) is 5.48. The molecule has 16 heavy (non-hydrogen) atoms. The largest absolute Gasteiger partial charge is 0.396 e. The Morgan fingerprint density at radius 2 is 1.19 bits per heavy atom. The summed E-state index contributed by atoms with van der Waals surface area (Å²) < 4.78 is 0. The summed E-state index contributed by atoms with van der Waals surface area (Å²) in [4.78, 5) is 0. The number of hydrogen-bond acceptors (Lipinski definition) is 3. The van der Waals surface area contributed by atoms with Crippen LogP contribution in [0.1, 0.15) is 38.5 Å². The highest BCUT2D eigenvalue weighted by Gasteiger charge is 2.39. The highest BCUT2D eigenvalue weighted by Crippen LogP contribution is 2.41. The third-order valence-corrected chi connectivity index (χ3v) is 4.81. The van der Waals surface area contributed by atoms with E-state index in [4.69, 9.17) is 0 Å². The average Bonchev–Trinajstić information content (AvgIpc) is 2.15. The summed E-state index contributed by atoms with van der Waals surface area (Å²) in [5, 5.41) is 29.1. The van der Waals surface area contributed by atoms with Crippen LogP contribution < -0.4 is 0 Å². The highest BCUT2D eigenvalue weighted by molar-refractivity contribution is 4.89. The van der Waals surface area contributed by atoms with E-state index in [2.05, 4.69) is 0 Å². The van der Waals surface area contributed by atoms with Gasteiger partial charge >= 0.3 is 0 Å². The Hall–Kier alpha value is -0.120. The van der Waals surface area contributed by atoms with Crippen LogP contribution in [0.3, 0.4) is 0 Å². The molecule has 94 valence electrons. The second-order valence-electron chi connectivity index (χ2n) is 5.57. The van der Waals surface area contributed by atoms with Crippen LogP contribution >= 0.6 is 0 Å². The molecule has 3 heteroatoms. The van der Waals surface area contributed by atoms with Gasteiger partial charge in [-0.05, 0) is 37.5 Å². The van der Waals surface area contributed by atoms with Crippen molar-refractivity contribution in [1.82, 2.24) is 0 Å². The molecule has 0 amide bonds. The summed E-state index contributed by atoms with van der Waals surface area (Å²) >= 11 is 0. The van der Waals surface area contributed by atoms with Gasteiger partial charge in [-0.1, -0.05) is 12.8 Å². The van der Waals surface area contributed by atoms with Gasteiger partial charge in [-0.15, -0.1) is 0 Å². The molecule has 0 aromatic rings. The van der Waals surface area contributed by atoms with Gasteiger partial charge in [0.2, 0.25) is 0 Å². The standard InChI is InChI=1S/C13H24O3/c14-7-11(9-3-1-4-9)13(16)12(8-15)10-5-2-6-10/h9-16H,1-8H2. The SMILES string of the molecule is OCC(C1CCC1)C(O)C(CO)C1CCC1. The molecule has 2 fully saturated rings. The van der Waals surface area contributed by atoms with Gasteiger partial charge in [-0.3, -0.25) is 0 Å². The molecule has 0 spiro atoms. The average molecular weight is 228 g/mol. The topological polar surface area (TPSA) is 60.7 Å². The molecule has 0 saturated heterocycles. The number of rotatable bonds is 6. The van der Waals surface area contributed by atoms with E-state index >= 15 is 0 Å². The predicted molar refractivity (Wildman–Crippen MR) is 61.8 cm³/mol. The molecule has 0 bridgehead atoms. The first kappa shape index (κ1) is 12.3. The molecule has 0 heterocycles. The Bertz CT molecular complexity index is 189. The molecule has 0 aromatic heterocycles. The van der Waals surface area contributed by atoms with Gasteiger partial charge in [0.05, 0.1) is 6.10 Å². The van der Waals surface area contributed by atoms with E-state index in [1.165, 1.54) is 12.8 Å². The van der Waals surface area contributed by atoms with Crippen molar-refractivity contribution in [2.45, 2.75) is 44.6 Å². The van der Waals surface area contributed by atoms with E-state index < -0.39 is 6.10 Å². The lowest BCUT2D eigenvalue weighted by Crippen LogP contribution is -2.44. The van der Waals surface area contributed by atoms with Gasteiger partial charge in [0.25, 0.3) is 0 Å². The lowest BCUT2D eigenvalue weighted by atomic mass is 9.66. The first-order chi connectivity index (χ1) is 7.77. The van der Waals surface area contributed by atoms with E-state index in [-0.39, 0.29) is 25.0 Å². The third-order valence-electron chi connectivity index (χ3n) is 4.81. The summed E-state index contributed by atoms with van der Waals surface area (Å²) in [6.45, 7) is 0.129. The van der Waals surface area contributed by atoms with Crippen molar-refractivity contribution < 1.29 is 15.3 Å². The molecular formula is C13H24O3. The zero-order valence-electron chi connectivity index (χ0n) is 9.89. The fourth-order valence-electron chi connectivity index (χ4n) is 3.13. The van der Waals surface area contributed by atoms with Crippen molar-refractivity contribution in [2.24, 2.45) is 23.7 Å². The molecule has 2 rings (SSSR count). The van der Waals surface area contributed by atoms with Crippen molar-refractivity contribution >= 4 is 0 Å². The van der Waals surface area contributed by atoms with Crippen LogP contribution in [0.4, 0.5) is 0 Å². The van der Waals surface area contributed by atoms with Crippen LogP contribution in [0.25, 0.3) is 0 Å². The van der Waals surface area contributed by atoms with Crippen molar-refractivity contribution in [3.05, 3.63) is 0 Å². The molecule has 3 nitrogen and oxygen atoms in total. The Labute approximate surface area is 97.5 Å². The van der Waals surface area contributed by atoms with Crippen molar-refractivity contribution in [1.29, 1.82) is 0 Å². The maximum atomic E-state index is 10.3. The normalized spacial score (nSPS) is 27.9. The Morgan fingerprint density at radius 3 is 1.38 bits per heavy atom. The maximum Gasteiger partial charge on any atom is 0.0645 e. The lowest BCUT2D eigenvalue weighted by Gasteiger charge is -2.42. The van der Waals surface area contributed by atoms with Crippen molar-refractivity contribution in [3.8, 4) is 0 Å². The van der Waals surface area contributed by atoms with Crippen LogP contribution in [0, 0.1) is 23.7 Å². The van der Waals surface area contributed by atoms with Gasteiger partial charge in [-0.2, -0.15) is 0 Å². The summed E-state index contributed by atoms with van der Waals surface area (Å²) in [5.74, 6) is 0.946. The van der Waals surface area contributed by atoms with Gasteiger partial charge < -0.3 is 15.3 Å². The van der Waals surface area contributed by atoms with Crippen LogP contribution in [0.5, 0.6) is 0 Å². The van der Waals surface area contributed by atoms with Gasteiger partial charge in [0.15, 0.2) is 0 Å². The molecule has 0 aromatic carbocycles. The number of aliphatic hydroxyl groups is 3. The molecule has 3 N–H and O–H groups in total. The summed E-state index contributed by atoms with van der Waals surface area (Å²) in [6.07, 6.45) is 6.46. The van der Waals surface area contributed by atoms with Gasteiger partial charge in [0.1, 0.15) is 0 Å². The zero-order chi connectivity index (χ0) is 11.5. The third kappa shape index (κ3) is 2.27. The molecule has 0 aliphatic heterocycles. The molecule has 2 aliphatic carbocycles. The predicted octanol–water partition coefficient (Wildman–Crippen LogP) is 1.16. The van der Waals surface area contributed by atoms with E-state index in [0.29, 0.717) is 11.8 Å². The highest BCUT2D eigenvalue weighted by atomic mass is 16.3. The minimum atomic E-state index is -0.509. The molecular weight excluding hydrogens is 204 g/mol. The summed E-state index contributed by atoms with van der Waals surface area (Å²) in [5.41, 5.74) is 0. The van der Waals surface area contributed by atoms with E-state index in [1.54, 1.807) is 0 Å². The summed E-state index contributed by atoms with van der Waals surface area (Å²) in [7, 11) is 0. The van der Waals surface area contributed by atoms with E-state index in [0.717, 1.165) is 25.7 Å². The molecule has 0 radical (unpaired) electrons. The smallest absolute Gasteiger partial charge is 0.0645 e. The fraction of sp³-hybridized carbons (Fsp3) is 1.00. The molecule has 2 saturated carbocycles. The molecule has 2 atom stereocenters. The Balaban J connectivity index is 1.93. The second-order valence-corrected chi connectivity index (χ2v) is 5.57. The van der Waals surface area contributed by atoms with Gasteiger partial charge in [-0.25, -0.2) is 0 Å². The fourth-order valence-corrected chi connectivity index (χ4v) is 3.13. The zero-order valence-corrected chi connectivity index (χ0v) is 9.89. The monoisotopic (exact) mass is 228 g/mol. The first-order valence-corrected chi connectivity index (χ1v) is 6.67. The minimum absolute atomic E-state index is 0.00787. The maximum absolute atomic E-state index is 10.3. The minimum Gasteiger partial charge on any atom is -0.396 e. The van der Waals surface area contributed by atoms with Crippen molar-refractivity contribution in [3.63, 3.8) is 0 Å². The number of hydrogen-bond donors (Lipinski definition) is 3. The van der Waals surface area contributed by atoms with Crippen molar-refractivity contribution in [2.75, 3.05) is 13.2 Å². The number of aliphatic hydroxyl groups excluding tert-OH is 3. The van der Waals surface area contributed by atoms with Crippen LogP contribution in [-0.2, 0) is 0 Å². The molecule has 2 aliphatic rings. The van der Waals surface area contributed by atoms with E-state index in [1.807, 2.05) is 0 Å². The van der Waals surface area contributed by atoms with E-state index in [9.17, 15) is 15.3 Å². The lowest BCUT2D eigenvalue weighted by molar-refractivity contribution is -0.0668.